The Hall–Kier alpha value is -2.14. The summed E-state index contributed by atoms with van der Waals surface area (Å²) in [5.74, 6) is 0.910. The summed E-state index contributed by atoms with van der Waals surface area (Å²) < 4.78 is 7.75. The number of carbonyl (C=O) groups is 1. The number of aromatic nitrogens is 2. The van der Waals surface area contributed by atoms with Crippen LogP contribution < -0.4 is 0 Å². The molecule has 1 aliphatic heterocycles. The number of pyridine rings is 1. The van der Waals surface area contributed by atoms with Crippen LogP contribution in [0.3, 0.4) is 0 Å². The van der Waals surface area contributed by atoms with E-state index in [1.165, 1.54) is 0 Å². The number of aryl methyl sites for hydroxylation is 1. The molecule has 1 aliphatic rings. The van der Waals surface area contributed by atoms with Crippen LogP contribution in [0.5, 0.6) is 0 Å². The molecule has 122 valence electrons. The van der Waals surface area contributed by atoms with E-state index in [2.05, 4.69) is 4.98 Å². The van der Waals surface area contributed by atoms with Gasteiger partial charge in [-0.1, -0.05) is 6.07 Å². The molecule has 2 atom stereocenters. The van der Waals surface area contributed by atoms with Gasteiger partial charge in [0.2, 0.25) is 0 Å². The Morgan fingerprint density at radius 2 is 1.91 bits per heavy atom. The summed E-state index contributed by atoms with van der Waals surface area (Å²) in [6, 6.07) is 7.75. The minimum Gasteiger partial charge on any atom is -0.372 e. The van der Waals surface area contributed by atoms with Crippen LogP contribution in [-0.2, 0) is 4.74 Å². The molecule has 1 saturated heterocycles. The zero-order valence-corrected chi connectivity index (χ0v) is 14.1. The molecule has 23 heavy (non-hydrogen) atoms. The first-order chi connectivity index (χ1) is 11.0. The molecular formula is C18H23N3O2. The molecule has 5 nitrogen and oxygen atoms in total. The van der Waals surface area contributed by atoms with Gasteiger partial charge in [-0.2, -0.15) is 0 Å². The van der Waals surface area contributed by atoms with E-state index in [0.29, 0.717) is 13.1 Å². The van der Waals surface area contributed by atoms with Gasteiger partial charge < -0.3 is 14.2 Å². The second-order valence-corrected chi connectivity index (χ2v) is 6.28. The van der Waals surface area contributed by atoms with Crippen molar-refractivity contribution in [1.82, 2.24) is 14.5 Å². The number of ether oxygens (including phenoxy) is 1. The molecule has 3 rings (SSSR count). The predicted octanol–water partition coefficient (Wildman–Crippen LogP) is 2.74. The van der Waals surface area contributed by atoms with Crippen molar-refractivity contribution in [3.63, 3.8) is 0 Å². The van der Waals surface area contributed by atoms with Crippen LogP contribution in [0, 0.1) is 13.8 Å². The molecule has 3 heterocycles. The second kappa shape index (κ2) is 6.16. The van der Waals surface area contributed by atoms with Gasteiger partial charge in [-0.3, -0.25) is 4.79 Å². The average Bonchev–Trinajstić information content (AvgIpc) is 2.81. The standard InChI is InChI=1S/C18H23N3O2/c1-12-9-16(15(4)21(12)17-7-5-6-8-19-17)18(22)20-10-13(2)23-14(3)11-20/h5-9,13-14H,10-11H2,1-4H3/t13-,14-/m0/s1. The Morgan fingerprint density at radius 3 is 2.52 bits per heavy atom. The van der Waals surface area contributed by atoms with Crippen molar-refractivity contribution in [3.8, 4) is 5.82 Å². The van der Waals surface area contributed by atoms with Gasteiger partial charge in [-0.05, 0) is 45.9 Å². The summed E-state index contributed by atoms with van der Waals surface area (Å²) in [6.07, 6.45) is 1.91. The Balaban J connectivity index is 1.93. The highest BCUT2D eigenvalue weighted by Gasteiger charge is 2.28. The van der Waals surface area contributed by atoms with Gasteiger partial charge in [0.05, 0.1) is 17.8 Å². The number of morpholine rings is 1. The van der Waals surface area contributed by atoms with E-state index in [0.717, 1.165) is 22.8 Å². The molecule has 0 N–H and O–H groups in total. The van der Waals surface area contributed by atoms with Crippen LogP contribution in [0.4, 0.5) is 0 Å². The molecule has 0 aromatic carbocycles. The van der Waals surface area contributed by atoms with E-state index in [4.69, 9.17) is 4.74 Å². The van der Waals surface area contributed by atoms with Crippen LogP contribution in [-0.4, -0.2) is 45.7 Å². The lowest BCUT2D eigenvalue weighted by Gasteiger charge is -2.35. The highest BCUT2D eigenvalue weighted by atomic mass is 16.5. The summed E-state index contributed by atoms with van der Waals surface area (Å²) >= 11 is 0. The fraction of sp³-hybridized carbons (Fsp3) is 0.444. The van der Waals surface area contributed by atoms with Crippen molar-refractivity contribution >= 4 is 5.91 Å². The summed E-state index contributed by atoms with van der Waals surface area (Å²) in [4.78, 5) is 19.2. The summed E-state index contributed by atoms with van der Waals surface area (Å²) in [7, 11) is 0. The van der Waals surface area contributed by atoms with E-state index in [9.17, 15) is 4.79 Å². The van der Waals surface area contributed by atoms with Crippen molar-refractivity contribution in [3.05, 3.63) is 47.4 Å². The third-order valence-electron chi connectivity index (χ3n) is 4.25. The Kier molecular flexibility index (Phi) is 4.22. The molecule has 2 aromatic heterocycles. The highest BCUT2D eigenvalue weighted by molar-refractivity contribution is 5.96. The van der Waals surface area contributed by atoms with E-state index in [-0.39, 0.29) is 18.1 Å². The maximum Gasteiger partial charge on any atom is 0.255 e. The fourth-order valence-electron chi connectivity index (χ4n) is 3.33. The van der Waals surface area contributed by atoms with Gasteiger partial charge in [0.25, 0.3) is 5.91 Å². The normalized spacial score (nSPS) is 21.5. The van der Waals surface area contributed by atoms with E-state index < -0.39 is 0 Å². The summed E-state index contributed by atoms with van der Waals surface area (Å²) in [5.41, 5.74) is 2.69. The largest absolute Gasteiger partial charge is 0.372 e. The second-order valence-electron chi connectivity index (χ2n) is 6.28. The fourth-order valence-corrected chi connectivity index (χ4v) is 3.33. The molecular weight excluding hydrogens is 290 g/mol. The molecule has 1 fully saturated rings. The van der Waals surface area contributed by atoms with Crippen molar-refractivity contribution < 1.29 is 9.53 Å². The number of rotatable bonds is 2. The topological polar surface area (TPSA) is 47.4 Å². The first kappa shape index (κ1) is 15.7. The first-order valence-corrected chi connectivity index (χ1v) is 8.02. The van der Waals surface area contributed by atoms with E-state index >= 15 is 0 Å². The van der Waals surface area contributed by atoms with Crippen LogP contribution >= 0.6 is 0 Å². The number of amides is 1. The lowest BCUT2D eigenvalue weighted by Crippen LogP contribution is -2.48. The lowest BCUT2D eigenvalue weighted by molar-refractivity contribution is -0.0586. The highest BCUT2D eigenvalue weighted by Crippen LogP contribution is 2.22. The van der Waals surface area contributed by atoms with Crippen molar-refractivity contribution in [2.75, 3.05) is 13.1 Å². The summed E-state index contributed by atoms with van der Waals surface area (Å²) in [6.45, 7) is 9.26. The van der Waals surface area contributed by atoms with Crippen LogP contribution in [0.1, 0.15) is 35.6 Å². The van der Waals surface area contributed by atoms with Crippen molar-refractivity contribution in [2.24, 2.45) is 0 Å². The maximum atomic E-state index is 12.9. The lowest BCUT2D eigenvalue weighted by atomic mass is 10.1. The molecule has 0 bridgehead atoms. The molecule has 0 saturated carbocycles. The SMILES string of the molecule is Cc1cc(C(=O)N2C[C@H](C)O[C@@H](C)C2)c(C)n1-c1ccccn1. The van der Waals surface area contributed by atoms with Crippen molar-refractivity contribution in [2.45, 2.75) is 39.9 Å². The minimum atomic E-state index is 0.0713. The predicted molar refractivity (Wildman–Crippen MR) is 89.0 cm³/mol. The molecule has 1 amide bonds. The minimum absolute atomic E-state index is 0.0713. The van der Waals surface area contributed by atoms with Gasteiger partial charge in [0.1, 0.15) is 5.82 Å². The Morgan fingerprint density at radius 1 is 1.22 bits per heavy atom. The number of hydrogen-bond acceptors (Lipinski definition) is 3. The van der Waals surface area contributed by atoms with Crippen LogP contribution in [0.15, 0.2) is 30.5 Å². The Labute approximate surface area is 136 Å². The third-order valence-corrected chi connectivity index (χ3v) is 4.25. The number of nitrogens with zero attached hydrogens (tertiary/aromatic N) is 3. The van der Waals surface area contributed by atoms with E-state index in [1.807, 2.05) is 61.4 Å². The number of hydrogen-bond donors (Lipinski definition) is 0. The van der Waals surface area contributed by atoms with Gasteiger partial charge in [0.15, 0.2) is 0 Å². The Bertz CT molecular complexity index is 699. The van der Waals surface area contributed by atoms with E-state index in [1.54, 1.807) is 6.20 Å². The summed E-state index contributed by atoms with van der Waals surface area (Å²) in [5, 5.41) is 0. The monoisotopic (exact) mass is 313 g/mol. The molecule has 0 radical (unpaired) electrons. The average molecular weight is 313 g/mol. The number of carbonyl (C=O) groups excluding carboxylic acids is 1. The van der Waals surface area contributed by atoms with Gasteiger partial charge in [-0.15, -0.1) is 0 Å². The third kappa shape index (κ3) is 3.01. The molecule has 2 aromatic rings. The molecule has 0 unspecified atom stereocenters. The van der Waals surface area contributed by atoms with Gasteiger partial charge in [0, 0.05) is 30.7 Å². The quantitative estimate of drug-likeness (QED) is 0.856. The molecule has 0 spiro atoms. The zero-order valence-electron chi connectivity index (χ0n) is 14.1. The first-order valence-electron chi connectivity index (χ1n) is 8.02. The molecule has 0 aliphatic carbocycles. The zero-order chi connectivity index (χ0) is 16.6. The van der Waals surface area contributed by atoms with Crippen LogP contribution in [0.2, 0.25) is 0 Å². The maximum absolute atomic E-state index is 12.9. The van der Waals surface area contributed by atoms with Crippen LogP contribution in [0.25, 0.3) is 5.82 Å². The van der Waals surface area contributed by atoms with Gasteiger partial charge >= 0.3 is 0 Å². The van der Waals surface area contributed by atoms with Crippen molar-refractivity contribution in [1.29, 1.82) is 0 Å². The smallest absolute Gasteiger partial charge is 0.255 e. The molecule has 5 heteroatoms. The van der Waals surface area contributed by atoms with Gasteiger partial charge in [-0.25, -0.2) is 4.98 Å².